The van der Waals surface area contributed by atoms with E-state index < -0.39 is 0 Å². The van der Waals surface area contributed by atoms with E-state index in [-0.39, 0.29) is 11.9 Å². The van der Waals surface area contributed by atoms with Crippen LogP contribution in [0.15, 0.2) is 72.9 Å². The third-order valence-electron chi connectivity index (χ3n) is 6.27. The molecule has 1 atom stereocenters. The molecule has 0 bridgehead atoms. The van der Waals surface area contributed by atoms with Gasteiger partial charge in [0.05, 0.1) is 18.2 Å². The van der Waals surface area contributed by atoms with Crippen molar-refractivity contribution in [3.63, 3.8) is 0 Å². The lowest BCUT2D eigenvalue weighted by Gasteiger charge is -2.25. The molecule has 4 nitrogen and oxygen atoms in total. The zero-order chi connectivity index (χ0) is 21.2. The third kappa shape index (κ3) is 4.11. The summed E-state index contributed by atoms with van der Waals surface area (Å²) >= 11 is 0. The number of likely N-dealkylation sites (tertiary alicyclic amines) is 1. The van der Waals surface area contributed by atoms with Gasteiger partial charge in [0.1, 0.15) is 0 Å². The molecule has 5 rings (SSSR count). The summed E-state index contributed by atoms with van der Waals surface area (Å²) in [5, 5.41) is 1.13. The van der Waals surface area contributed by atoms with Gasteiger partial charge < -0.3 is 9.88 Å². The molecule has 1 aliphatic rings. The van der Waals surface area contributed by atoms with Crippen LogP contribution in [0.2, 0.25) is 0 Å². The van der Waals surface area contributed by atoms with Crippen LogP contribution in [0.4, 0.5) is 0 Å². The van der Waals surface area contributed by atoms with E-state index in [1.807, 2.05) is 29.3 Å². The van der Waals surface area contributed by atoms with E-state index >= 15 is 0 Å². The molecule has 0 aliphatic carbocycles. The maximum absolute atomic E-state index is 13.2. The summed E-state index contributed by atoms with van der Waals surface area (Å²) < 4.78 is 0. The summed E-state index contributed by atoms with van der Waals surface area (Å²) in [5.41, 5.74) is 6.72. The van der Waals surface area contributed by atoms with Crippen LogP contribution < -0.4 is 0 Å². The molecule has 2 aromatic carbocycles. The van der Waals surface area contributed by atoms with Gasteiger partial charge in [-0.2, -0.15) is 0 Å². The number of aromatic amines is 1. The second-order valence-corrected chi connectivity index (χ2v) is 8.50. The summed E-state index contributed by atoms with van der Waals surface area (Å²) in [5.74, 6) is 0.179. The summed E-state index contributed by atoms with van der Waals surface area (Å²) in [6, 6.07) is 23.1. The first-order valence-electron chi connectivity index (χ1n) is 11.0. The quantitative estimate of drug-likeness (QED) is 0.482. The number of hydrogen-bond acceptors (Lipinski definition) is 2. The molecule has 4 heteroatoms. The molecule has 4 aromatic rings. The van der Waals surface area contributed by atoms with Crippen LogP contribution >= 0.6 is 0 Å². The van der Waals surface area contributed by atoms with Crippen molar-refractivity contribution in [2.24, 2.45) is 0 Å². The number of amides is 1. The molecule has 1 saturated heterocycles. The average Bonchev–Trinajstić information content (AvgIpc) is 3.43. The maximum atomic E-state index is 13.2. The Morgan fingerprint density at radius 2 is 1.90 bits per heavy atom. The van der Waals surface area contributed by atoms with E-state index in [2.05, 4.69) is 60.4 Å². The van der Waals surface area contributed by atoms with Crippen LogP contribution in [-0.4, -0.2) is 27.3 Å². The van der Waals surface area contributed by atoms with Gasteiger partial charge in [-0.3, -0.25) is 9.78 Å². The van der Waals surface area contributed by atoms with E-state index in [1.165, 1.54) is 11.1 Å². The van der Waals surface area contributed by atoms with Gasteiger partial charge in [-0.15, -0.1) is 0 Å². The Balaban J connectivity index is 1.34. The molecule has 0 saturated carbocycles. The minimum absolute atomic E-state index is 0.0654. The van der Waals surface area contributed by atoms with Crippen LogP contribution in [0.1, 0.15) is 47.0 Å². The van der Waals surface area contributed by atoms with Crippen LogP contribution in [0, 0.1) is 6.92 Å². The number of nitrogens with one attached hydrogen (secondary N) is 1. The van der Waals surface area contributed by atoms with Gasteiger partial charge in [0.2, 0.25) is 5.91 Å². The monoisotopic (exact) mass is 409 g/mol. The number of pyridine rings is 1. The molecule has 3 heterocycles. The lowest BCUT2D eigenvalue weighted by atomic mass is 10.1. The average molecular weight is 410 g/mol. The van der Waals surface area contributed by atoms with Crippen molar-refractivity contribution in [1.29, 1.82) is 0 Å². The fourth-order valence-electron chi connectivity index (χ4n) is 4.61. The molecule has 1 aliphatic heterocycles. The van der Waals surface area contributed by atoms with E-state index in [0.717, 1.165) is 53.7 Å². The smallest absolute Gasteiger partial charge is 0.227 e. The standard InChI is InChI=1S/C27H27N3O/c1-19-11-13-20(14-12-19)16-22-6-4-9-25(29-22)26-10-5-15-30(26)27(31)17-21-18-28-24-8-3-2-7-23(21)24/h2-4,6-9,11-14,18,26,28H,5,10,15-17H2,1H3/t26-/m1/s1. The van der Waals surface area contributed by atoms with Crippen LogP contribution in [0.5, 0.6) is 0 Å². The van der Waals surface area contributed by atoms with Crippen molar-refractivity contribution in [1.82, 2.24) is 14.9 Å². The number of carbonyl (C=O) groups excluding carboxylic acids is 1. The Labute approximate surface area is 182 Å². The zero-order valence-electron chi connectivity index (χ0n) is 17.8. The number of aromatic nitrogens is 2. The van der Waals surface area contributed by atoms with Crippen molar-refractivity contribution in [3.05, 3.63) is 101 Å². The second-order valence-electron chi connectivity index (χ2n) is 8.50. The summed E-state index contributed by atoms with van der Waals surface area (Å²) in [6.07, 6.45) is 5.19. The first-order valence-corrected chi connectivity index (χ1v) is 11.0. The number of fused-ring (bicyclic) bond motifs is 1. The van der Waals surface area contributed by atoms with Crippen molar-refractivity contribution < 1.29 is 4.79 Å². The number of carbonyl (C=O) groups is 1. The van der Waals surface area contributed by atoms with Crippen LogP contribution in [0.3, 0.4) is 0 Å². The van der Waals surface area contributed by atoms with Crippen molar-refractivity contribution >= 4 is 16.8 Å². The van der Waals surface area contributed by atoms with Crippen LogP contribution in [-0.2, 0) is 17.6 Å². The van der Waals surface area contributed by atoms with Crippen LogP contribution in [0.25, 0.3) is 10.9 Å². The highest BCUT2D eigenvalue weighted by molar-refractivity contribution is 5.89. The van der Waals surface area contributed by atoms with Gasteiger partial charge in [-0.05, 0) is 49.1 Å². The first-order chi connectivity index (χ1) is 15.2. The minimum atomic E-state index is 0.0654. The molecule has 1 fully saturated rings. The van der Waals surface area contributed by atoms with E-state index in [1.54, 1.807) is 0 Å². The molecular weight excluding hydrogens is 382 g/mol. The highest BCUT2D eigenvalue weighted by Gasteiger charge is 2.31. The van der Waals surface area contributed by atoms with Crippen molar-refractivity contribution in [3.8, 4) is 0 Å². The Hall–Kier alpha value is -3.40. The van der Waals surface area contributed by atoms with E-state index in [9.17, 15) is 4.79 Å². The largest absolute Gasteiger partial charge is 0.361 e. The van der Waals surface area contributed by atoms with Gasteiger partial charge in [-0.25, -0.2) is 0 Å². The molecule has 1 amide bonds. The number of benzene rings is 2. The molecule has 2 aromatic heterocycles. The van der Waals surface area contributed by atoms with Gasteiger partial charge in [-0.1, -0.05) is 54.1 Å². The first kappa shape index (κ1) is 19.6. The number of para-hydroxylation sites is 1. The molecule has 31 heavy (non-hydrogen) atoms. The lowest BCUT2D eigenvalue weighted by molar-refractivity contribution is -0.131. The third-order valence-corrected chi connectivity index (χ3v) is 6.27. The number of hydrogen-bond donors (Lipinski definition) is 1. The predicted octanol–water partition coefficient (Wildman–Crippen LogP) is 5.37. The number of rotatable bonds is 5. The minimum Gasteiger partial charge on any atom is -0.361 e. The fraction of sp³-hybridized carbons (Fsp3) is 0.259. The summed E-state index contributed by atoms with van der Waals surface area (Å²) in [4.78, 5) is 23.5. The zero-order valence-corrected chi connectivity index (χ0v) is 17.8. The summed E-state index contributed by atoms with van der Waals surface area (Å²) in [6.45, 7) is 2.90. The van der Waals surface area contributed by atoms with Gasteiger partial charge in [0.15, 0.2) is 0 Å². The Morgan fingerprint density at radius 3 is 2.77 bits per heavy atom. The lowest BCUT2D eigenvalue weighted by Crippen LogP contribution is -2.32. The molecule has 0 unspecified atom stereocenters. The second kappa shape index (κ2) is 8.38. The summed E-state index contributed by atoms with van der Waals surface area (Å²) in [7, 11) is 0. The SMILES string of the molecule is Cc1ccc(Cc2cccc([C@H]3CCCN3C(=O)Cc3c[nH]c4ccccc34)n2)cc1. The van der Waals surface area contributed by atoms with Crippen molar-refractivity contribution in [2.45, 2.75) is 38.6 Å². The highest BCUT2D eigenvalue weighted by Crippen LogP contribution is 2.32. The Kier molecular flexibility index (Phi) is 5.29. The molecule has 156 valence electrons. The van der Waals surface area contributed by atoms with Gasteiger partial charge in [0.25, 0.3) is 0 Å². The molecular formula is C27H27N3O. The van der Waals surface area contributed by atoms with E-state index in [0.29, 0.717) is 6.42 Å². The highest BCUT2D eigenvalue weighted by atomic mass is 16.2. The predicted molar refractivity (Wildman–Crippen MR) is 124 cm³/mol. The number of H-pyrrole nitrogens is 1. The van der Waals surface area contributed by atoms with Crippen molar-refractivity contribution in [2.75, 3.05) is 6.54 Å². The normalized spacial score (nSPS) is 16.2. The van der Waals surface area contributed by atoms with Gasteiger partial charge in [0, 0.05) is 35.8 Å². The molecule has 0 spiro atoms. The molecule has 1 N–H and O–H groups in total. The molecule has 0 radical (unpaired) electrons. The number of aryl methyl sites for hydroxylation is 1. The Bertz CT molecular complexity index is 1210. The number of nitrogens with zero attached hydrogens (tertiary/aromatic N) is 2. The van der Waals surface area contributed by atoms with Gasteiger partial charge >= 0.3 is 0 Å². The maximum Gasteiger partial charge on any atom is 0.227 e. The van der Waals surface area contributed by atoms with E-state index in [4.69, 9.17) is 4.98 Å². The fourth-order valence-corrected chi connectivity index (χ4v) is 4.61. The Morgan fingerprint density at radius 1 is 1.06 bits per heavy atom. The topological polar surface area (TPSA) is 49.0 Å².